The second-order valence-corrected chi connectivity index (χ2v) is 3.62. The summed E-state index contributed by atoms with van der Waals surface area (Å²) >= 11 is 0. The van der Waals surface area contributed by atoms with E-state index in [0.29, 0.717) is 11.3 Å². The third-order valence-corrected chi connectivity index (χ3v) is 2.30. The van der Waals surface area contributed by atoms with Crippen molar-refractivity contribution in [3.63, 3.8) is 0 Å². The zero-order valence-corrected chi connectivity index (χ0v) is 9.30. The van der Waals surface area contributed by atoms with Gasteiger partial charge in [-0.25, -0.2) is 4.39 Å². The number of ether oxygens (including phenoxy) is 1. The van der Waals surface area contributed by atoms with Gasteiger partial charge in [0, 0.05) is 11.8 Å². The highest BCUT2D eigenvalue weighted by Gasteiger charge is 2.14. The molecule has 0 aliphatic heterocycles. The Morgan fingerprint density at radius 3 is 2.76 bits per heavy atom. The van der Waals surface area contributed by atoms with Gasteiger partial charge in [-0.05, 0) is 25.1 Å². The Balaban J connectivity index is 2.38. The third kappa shape index (κ3) is 2.60. The second-order valence-electron chi connectivity index (χ2n) is 3.62. The highest BCUT2D eigenvalue weighted by Crippen LogP contribution is 2.31. The van der Waals surface area contributed by atoms with Crippen LogP contribution in [0.2, 0.25) is 0 Å². The number of hydrogen-bond acceptors (Lipinski definition) is 3. The summed E-state index contributed by atoms with van der Waals surface area (Å²) in [4.78, 5) is 3.88. The van der Waals surface area contributed by atoms with E-state index in [1.165, 1.54) is 18.3 Å². The summed E-state index contributed by atoms with van der Waals surface area (Å²) in [5, 5.41) is 9.54. The van der Waals surface area contributed by atoms with E-state index in [1.807, 2.05) is 0 Å². The Morgan fingerprint density at radius 2 is 2.12 bits per heavy atom. The Labute approximate surface area is 98.5 Å². The lowest BCUT2D eigenvalue weighted by atomic mass is 10.1. The third-order valence-electron chi connectivity index (χ3n) is 2.30. The van der Waals surface area contributed by atoms with Gasteiger partial charge in [0.25, 0.3) is 0 Å². The van der Waals surface area contributed by atoms with Crippen molar-refractivity contribution >= 4 is 0 Å². The first-order valence-electron chi connectivity index (χ1n) is 5.23. The zero-order valence-electron chi connectivity index (χ0n) is 9.30. The fourth-order valence-corrected chi connectivity index (χ4v) is 1.49. The number of nitrogens with zero attached hydrogens (tertiary/aromatic N) is 1. The van der Waals surface area contributed by atoms with Crippen LogP contribution in [0.15, 0.2) is 42.7 Å². The SMILES string of the molecule is C[C@@H](O)c1cccc(F)c1Oc1cccnc1. The van der Waals surface area contributed by atoms with Crippen molar-refractivity contribution in [2.24, 2.45) is 0 Å². The molecule has 88 valence electrons. The predicted molar refractivity (Wildman–Crippen MR) is 61.3 cm³/mol. The van der Waals surface area contributed by atoms with Gasteiger partial charge in [-0.3, -0.25) is 4.98 Å². The minimum absolute atomic E-state index is 0.0375. The van der Waals surface area contributed by atoms with Crippen LogP contribution < -0.4 is 4.74 Å². The smallest absolute Gasteiger partial charge is 0.168 e. The van der Waals surface area contributed by atoms with Crippen molar-refractivity contribution in [3.05, 3.63) is 54.1 Å². The van der Waals surface area contributed by atoms with Gasteiger partial charge < -0.3 is 9.84 Å². The van der Waals surface area contributed by atoms with Crippen LogP contribution in [0.1, 0.15) is 18.6 Å². The van der Waals surface area contributed by atoms with E-state index in [1.54, 1.807) is 31.3 Å². The molecule has 0 aliphatic rings. The summed E-state index contributed by atoms with van der Waals surface area (Å²) in [7, 11) is 0. The van der Waals surface area contributed by atoms with Crippen LogP contribution in [0.25, 0.3) is 0 Å². The van der Waals surface area contributed by atoms with Gasteiger partial charge in [0.2, 0.25) is 0 Å². The minimum Gasteiger partial charge on any atom is -0.452 e. The number of aromatic nitrogens is 1. The molecule has 1 aromatic carbocycles. The average molecular weight is 233 g/mol. The quantitative estimate of drug-likeness (QED) is 0.885. The van der Waals surface area contributed by atoms with Gasteiger partial charge in [0.05, 0.1) is 12.3 Å². The fourth-order valence-electron chi connectivity index (χ4n) is 1.49. The molecule has 0 spiro atoms. The van der Waals surface area contributed by atoms with Gasteiger partial charge in [-0.2, -0.15) is 0 Å². The highest BCUT2D eigenvalue weighted by molar-refractivity contribution is 5.39. The van der Waals surface area contributed by atoms with E-state index in [2.05, 4.69) is 4.98 Å². The van der Waals surface area contributed by atoms with Crippen LogP contribution in [0.4, 0.5) is 4.39 Å². The van der Waals surface area contributed by atoms with E-state index in [0.717, 1.165) is 0 Å². The fraction of sp³-hybridized carbons (Fsp3) is 0.154. The molecule has 1 N–H and O–H groups in total. The molecule has 0 fully saturated rings. The maximum Gasteiger partial charge on any atom is 0.168 e. The number of halogens is 1. The first-order chi connectivity index (χ1) is 8.18. The van der Waals surface area contributed by atoms with Gasteiger partial charge in [-0.15, -0.1) is 0 Å². The lowest BCUT2D eigenvalue weighted by molar-refractivity contribution is 0.194. The monoisotopic (exact) mass is 233 g/mol. The van der Waals surface area contributed by atoms with Crippen LogP contribution in [0.5, 0.6) is 11.5 Å². The zero-order chi connectivity index (χ0) is 12.3. The predicted octanol–water partition coefficient (Wildman–Crippen LogP) is 3.07. The molecule has 3 nitrogen and oxygen atoms in total. The number of hydrogen-bond donors (Lipinski definition) is 1. The van der Waals surface area contributed by atoms with Crippen molar-refractivity contribution < 1.29 is 14.2 Å². The van der Waals surface area contributed by atoms with Crippen molar-refractivity contribution in [2.75, 3.05) is 0 Å². The van der Waals surface area contributed by atoms with Crippen LogP contribution >= 0.6 is 0 Å². The minimum atomic E-state index is -0.794. The largest absolute Gasteiger partial charge is 0.452 e. The normalized spacial score (nSPS) is 12.2. The molecule has 2 aromatic rings. The Morgan fingerprint density at radius 1 is 1.29 bits per heavy atom. The molecule has 1 aromatic heterocycles. The number of pyridine rings is 1. The van der Waals surface area contributed by atoms with E-state index >= 15 is 0 Å². The maximum atomic E-state index is 13.6. The van der Waals surface area contributed by atoms with Gasteiger partial charge in [0.1, 0.15) is 5.75 Å². The van der Waals surface area contributed by atoms with E-state index in [9.17, 15) is 9.50 Å². The highest BCUT2D eigenvalue weighted by atomic mass is 19.1. The van der Waals surface area contributed by atoms with E-state index in [-0.39, 0.29) is 5.75 Å². The van der Waals surface area contributed by atoms with Crippen molar-refractivity contribution in [1.82, 2.24) is 4.98 Å². The molecule has 2 rings (SSSR count). The average Bonchev–Trinajstić information content (AvgIpc) is 2.33. The molecule has 0 saturated heterocycles. The van der Waals surface area contributed by atoms with Crippen LogP contribution in [-0.2, 0) is 0 Å². The van der Waals surface area contributed by atoms with Crippen LogP contribution in [0.3, 0.4) is 0 Å². The van der Waals surface area contributed by atoms with E-state index < -0.39 is 11.9 Å². The number of aliphatic hydroxyl groups excluding tert-OH is 1. The molecule has 17 heavy (non-hydrogen) atoms. The molecule has 1 atom stereocenters. The molecule has 0 aliphatic carbocycles. The lowest BCUT2D eigenvalue weighted by Crippen LogP contribution is -1.98. The summed E-state index contributed by atoms with van der Waals surface area (Å²) in [5.74, 6) is -0.0396. The summed E-state index contributed by atoms with van der Waals surface area (Å²) < 4.78 is 19.0. The van der Waals surface area contributed by atoms with Crippen molar-refractivity contribution in [1.29, 1.82) is 0 Å². The number of para-hydroxylation sites is 1. The van der Waals surface area contributed by atoms with E-state index in [4.69, 9.17) is 4.74 Å². The second kappa shape index (κ2) is 4.93. The summed E-state index contributed by atoms with van der Waals surface area (Å²) in [5.41, 5.74) is 0.411. The Hall–Kier alpha value is -1.94. The lowest BCUT2D eigenvalue weighted by Gasteiger charge is -2.13. The van der Waals surface area contributed by atoms with Crippen LogP contribution in [-0.4, -0.2) is 10.1 Å². The Kier molecular flexibility index (Phi) is 3.35. The van der Waals surface area contributed by atoms with Gasteiger partial charge in [0.15, 0.2) is 11.6 Å². The maximum absolute atomic E-state index is 13.6. The summed E-state index contributed by atoms with van der Waals surface area (Å²) in [6, 6.07) is 7.81. The topological polar surface area (TPSA) is 42.4 Å². The summed E-state index contributed by atoms with van der Waals surface area (Å²) in [6.07, 6.45) is 2.29. The first kappa shape index (κ1) is 11.5. The van der Waals surface area contributed by atoms with Crippen LogP contribution in [0, 0.1) is 5.82 Å². The molecule has 1 heterocycles. The number of aliphatic hydroxyl groups is 1. The molecule has 0 saturated carbocycles. The first-order valence-corrected chi connectivity index (χ1v) is 5.23. The molecule has 4 heteroatoms. The molecule has 0 unspecified atom stereocenters. The van der Waals surface area contributed by atoms with Crippen molar-refractivity contribution in [3.8, 4) is 11.5 Å². The Bertz CT molecular complexity index is 500. The van der Waals surface area contributed by atoms with Gasteiger partial charge in [-0.1, -0.05) is 12.1 Å². The number of rotatable bonds is 3. The molecule has 0 bridgehead atoms. The molecule has 0 radical (unpaired) electrons. The molecular weight excluding hydrogens is 221 g/mol. The summed E-state index contributed by atoms with van der Waals surface area (Å²) in [6.45, 7) is 1.56. The van der Waals surface area contributed by atoms with Crippen molar-refractivity contribution in [2.45, 2.75) is 13.0 Å². The molecular formula is C13H12FNO2. The van der Waals surface area contributed by atoms with Gasteiger partial charge >= 0.3 is 0 Å². The molecule has 0 amide bonds. The standard InChI is InChI=1S/C13H12FNO2/c1-9(16)11-5-2-6-12(14)13(11)17-10-4-3-7-15-8-10/h2-9,16H,1H3/t9-/m1/s1. The number of benzene rings is 1.